The maximum absolute atomic E-state index is 13.0. The smallest absolute Gasteiger partial charge is 0.251 e. The number of benzene rings is 2. The first-order valence-electron chi connectivity index (χ1n) is 7.88. The highest BCUT2D eigenvalue weighted by Crippen LogP contribution is 2.26. The number of nitrogens with one attached hydrogen (secondary N) is 1. The molecule has 0 bridgehead atoms. The monoisotopic (exact) mass is 390 g/mol. The highest BCUT2D eigenvalue weighted by atomic mass is 35.5. The maximum atomic E-state index is 13.0. The number of carbonyl (C=O) groups excluding carboxylic acids is 1. The normalized spacial score (nSPS) is 10.9. The summed E-state index contributed by atoms with van der Waals surface area (Å²) in [6, 6.07) is 13.2. The minimum Gasteiger partial charge on any atom is -0.351 e. The zero-order valence-corrected chi connectivity index (χ0v) is 15.5. The number of hydrogen-bond acceptors (Lipinski definition) is 3. The van der Waals surface area contributed by atoms with Crippen molar-refractivity contribution in [2.45, 2.75) is 11.4 Å². The molecule has 0 atom stereocenters. The first kappa shape index (κ1) is 18.5. The second kappa shape index (κ2) is 7.93. The van der Waals surface area contributed by atoms with Crippen LogP contribution < -0.4 is 10.9 Å². The molecule has 1 N–H and O–H groups in total. The number of aryl methyl sites for hydroxylation is 1. The van der Waals surface area contributed by atoms with Crippen LogP contribution in [0, 0.1) is 5.82 Å². The molecule has 4 nitrogen and oxygen atoms in total. The molecular weight excluding hydrogens is 375 g/mol. The Labute approximate surface area is 159 Å². The van der Waals surface area contributed by atoms with E-state index in [9.17, 15) is 14.0 Å². The number of pyridine rings is 1. The van der Waals surface area contributed by atoms with E-state index in [1.165, 1.54) is 30.0 Å². The summed E-state index contributed by atoms with van der Waals surface area (Å²) in [4.78, 5) is 25.0. The van der Waals surface area contributed by atoms with Gasteiger partial charge in [-0.15, -0.1) is 11.8 Å². The van der Waals surface area contributed by atoms with Crippen LogP contribution in [0.2, 0.25) is 5.02 Å². The number of para-hydroxylation sites is 1. The Balaban J connectivity index is 1.67. The molecule has 0 saturated heterocycles. The van der Waals surface area contributed by atoms with Gasteiger partial charge in [-0.1, -0.05) is 35.9 Å². The highest BCUT2D eigenvalue weighted by molar-refractivity contribution is 8.00. The predicted octanol–water partition coefficient (Wildman–Crippen LogP) is 3.74. The Bertz CT molecular complexity index is 1040. The number of fused-ring (bicyclic) bond motifs is 1. The van der Waals surface area contributed by atoms with Crippen LogP contribution in [0.3, 0.4) is 0 Å². The van der Waals surface area contributed by atoms with Gasteiger partial charge in [0.1, 0.15) is 5.82 Å². The first-order chi connectivity index (χ1) is 12.5. The van der Waals surface area contributed by atoms with E-state index in [1.54, 1.807) is 17.7 Å². The third-order valence-corrected chi connectivity index (χ3v) is 5.37. The summed E-state index contributed by atoms with van der Waals surface area (Å²) in [5.74, 6) is -0.450. The van der Waals surface area contributed by atoms with Gasteiger partial charge in [0.25, 0.3) is 5.56 Å². The molecule has 0 fully saturated rings. The van der Waals surface area contributed by atoms with E-state index in [1.807, 2.05) is 24.3 Å². The number of nitrogens with zero attached hydrogens (tertiary/aromatic N) is 1. The third kappa shape index (κ3) is 4.08. The standard InChI is InChI=1S/C19H16ClFN2O2S/c1-23-16-5-3-2-4-14(16)17(9-19(23)25)26-11-18(24)22-10-12-6-7-13(21)8-15(12)20/h2-9H,10-11H2,1H3,(H,22,24). The number of amides is 1. The van der Waals surface area contributed by atoms with Gasteiger partial charge >= 0.3 is 0 Å². The molecule has 0 spiro atoms. The van der Waals surface area contributed by atoms with Crippen molar-refractivity contribution >= 4 is 40.2 Å². The molecule has 3 rings (SSSR count). The van der Waals surface area contributed by atoms with Crippen LogP contribution in [0.1, 0.15) is 5.56 Å². The van der Waals surface area contributed by atoms with E-state index in [2.05, 4.69) is 5.32 Å². The number of aromatic nitrogens is 1. The fourth-order valence-electron chi connectivity index (χ4n) is 2.55. The Morgan fingerprint density at radius 1 is 1.23 bits per heavy atom. The van der Waals surface area contributed by atoms with E-state index in [-0.39, 0.29) is 28.8 Å². The molecule has 2 aromatic carbocycles. The number of carbonyl (C=O) groups is 1. The summed E-state index contributed by atoms with van der Waals surface area (Å²) in [6.07, 6.45) is 0. The van der Waals surface area contributed by atoms with Gasteiger partial charge in [-0.2, -0.15) is 0 Å². The van der Waals surface area contributed by atoms with Gasteiger partial charge in [-0.3, -0.25) is 9.59 Å². The van der Waals surface area contributed by atoms with E-state index < -0.39 is 5.82 Å². The molecule has 0 unspecified atom stereocenters. The molecule has 0 aliphatic heterocycles. The highest BCUT2D eigenvalue weighted by Gasteiger charge is 2.10. The maximum Gasteiger partial charge on any atom is 0.251 e. The summed E-state index contributed by atoms with van der Waals surface area (Å²) in [6.45, 7) is 0.218. The molecule has 0 saturated carbocycles. The second-order valence-corrected chi connectivity index (χ2v) is 7.15. The summed E-state index contributed by atoms with van der Waals surface area (Å²) in [5, 5.41) is 3.95. The van der Waals surface area contributed by atoms with Crippen LogP contribution in [0.4, 0.5) is 4.39 Å². The van der Waals surface area contributed by atoms with Crippen molar-refractivity contribution in [3.8, 4) is 0 Å². The van der Waals surface area contributed by atoms with Crippen molar-refractivity contribution in [3.05, 3.63) is 75.3 Å². The zero-order valence-electron chi connectivity index (χ0n) is 14.0. The number of halogens is 2. The minimum absolute atomic E-state index is 0.121. The van der Waals surface area contributed by atoms with Crippen molar-refractivity contribution in [2.24, 2.45) is 7.05 Å². The SMILES string of the molecule is Cn1c(=O)cc(SCC(=O)NCc2ccc(F)cc2Cl)c2ccccc21. The molecule has 134 valence electrons. The number of thioether (sulfide) groups is 1. The molecular formula is C19H16ClFN2O2S. The van der Waals surface area contributed by atoms with Crippen molar-refractivity contribution < 1.29 is 9.18 Å². The van der Waals surface area contributed by atoms with E-state index >= 15 is 0 Å². The van der Waals surface area contributed by atoms with Crippen LogP contribution in [-0.2, 0) is 18.4 Å². The van der Waals surface area contributed by atoms with Crippen LogP contribution >= 0.6 is 23.4 Å². The number of hydrogen-bond donors (Lipinski definition) is 1. The molecule has 1 aromatic heterocycles. The molecule has 1 heterocycles. The van der Waals surface area contributed by atoms with Gasteiger partial charge in [0.2, 0.25) is 5.91 Å². The van der Waals surface area contributed by atoms with Crippen molar-refractivity contribution in [2.75, 3.05) is 5.75 Å². The van der Waals surface area contributed by atoms with E-state index in [4.69, 9.17) is 11.6 Å². The fourth-order valence-corrected chi connectivity index (χ4v) is 3.69. The van der Waals surface area contributed by atoms with E-state index in [0.29, 0.717) is 5.56 Å². The van der Waals surface area contributed by atoms with E-state index in [0.717, 1.165) is 15.8 Å². The molecule has 0 radical (unpaired) electrons. The van der Waals surface area contributed by atoms with Gasteiger partial charge in [0.15, 0.2) is 0 Å². The summed E-state index contributed by atoms with van der Waals surface area (Å²) >= 11 is 7.25. The van der Waals surface area contributed by atoms with Crippen molar-refractivity contribution in [1.82, 2.24) is 9.88 Å². The van der Waals surface area contributed by atoms with Crippen LogP contribution in [0.25, 0.3) is 10.9 Å². The summed E-state index contributed by atoms with van der Waals surface area (Å²) in [5.41, 5.74) is 1.34. The predicted molar refractivity (Wildman–Crippen MR) is 103 cm³/mol. The Morgan fingerprint density at radius 2 is 2.00 bits per heavy atom. The van der Waals surface area contributed by atoms with Crippen molar-refractivity contribution in [1.29, 1.82) is 0 Å². The Morgan fingerprint density at radius 3 is 2.77 bits per heavy atom. The molecule has 3 aromatic rings. The van der Waals surface area contributed by atoms with Gasteiger partial charge < -0.3 is 9.88 Å². The molecule has 0 aliphatic rings. The molecule has 1 amide bonds. The lowest BCUT2D eigenvalue weighted by atomic mass is 10.2. The average molecular weight is 391 g/mol. The van der Waals surface area contributed by atoms with Gasteiger partial charge in [0, 0.05) is 35.0 Å². The van der Waals surface area contributed by atoms with Crippen LogP contribution in [-0.4, -0.2) is 16.2 Å². The van der Waals surface area contributed by atoms with Crippen molar-refractivity contribution in [3.63, 3.8) is 0 Å². The quantitative estimate of drug-likeness (QED) is 0.675. The van der Waals surface area contributed by atoms with Gasteiger partial charge in [0.05, 0.1) is 11.3 Å². The van der Waals surface area contributed by atoms with Crippen LogP contribution in [0.15, 0.2) is 58.2 Å². The number of rotatable bonds is 5. The average Bonchev–Trinajstić information content (AvgIpc) is 2.63. The minimum atomic E-state index is -0.418. The summed E-state index contributed by atoms with van der Waals surface area (Å²) < 4.78 is 14.6. The first-order valence-corrected chi connectivity index (χ1v) is 9.24. The largest absolute Gasteiger partial charge is 0.351 e. The zero-order chi connectivity index (χ0) is 18.7. The topological polar surface area (TPSA) is 51.1 Å². The Hall–Kier alpha value is -2.31. The van der Waals surface area contributed by atoms with Gasteiger partial charge in [-0.25, -0.2) is 4.39 Å². The Kier molecular flexibility index (Phi) is 5.64. The second-order valence-electron chi connectivity index (χ2n) is 5.72. The lowest BCUT2D eigenvalue weighted by Crippen LogP contribution is -2.25. The molecule has 7 heteroatoms. The van der Waals surface area contributed by atoms with Crippen LogP contribution in [0.5, 0.6) is 0 Å². The van der Waals surface area contributed by atoms with Gasteiger partial charge in [-0.05, 0) is 23.8 Å². The summed E-state index contributed by atoms with van der Waals surface area (Å²) in [7, 11) is 1.72. The molecule has 26 heavy (non-hydrogen) atoms. The molecule has 0 aliphatic carbocycles. The third-order valence-electron chi connectivity index (χ3n) is 3.97. The lowest BCUT2D eigenvalue weighted by Gasteiger charge is -2.10. The lowest BCUT2D eigenvalue weighted by molar-refractivity contribution is -0.118. The fraction of sp³-hybridized carbons (Fsp3) is 0.158.